The average molecular weight is 741 g/mol. The van der Waals surface area contributed by atoms with Gasteiger partial charge in [-0.25, -0.2) is 0 Å². The molecule has 52 heavy (non-hydrogen) atoms. The quantitative estimate of drug-likeness (QED) is 0.0314. The van der Waals surface area contributed by atoms with Crippen molar-refractivity contribution in [1.82, 2.24) is 5.32 Å². The number of amides is 1. The van der Waals surface area contributed by atoms with Gasteiger partial charge in [-0.2, -0.15) is 0 Å². The molecule has 8 nitrogen and oxygen atoms in total. The minimum atomic E-state index is -0.830. The predicted octanol–water partition coefficient (Wildman–Crippen LogP) is 9.87. The molecule has 0 fully saturated rings. The smallest absolute Gasteiger partial charge is 0.220 e. The summed E-state index contributed by atoms with van der Waals surface area (Å²) in [6.07, 6.45) is 37.0. The fourth-order valence-electron chi connectivity index (χ4n) is 5.94. The number of carbonyl (C=O) groups is 1. The number of nitrogens with one attached hydrogen (secondary N) is 1. The van der Waals surface area contributed by atoms with Crippen LogP contribution < -0.4 is 11.1 Å². The minimum absolute atomic E-state index is 0.0649. The lowest BCUT2D eigenvalue weighted by Crippen LogP contribution is -2.45. The van der Waals surface area contributed by atoms with Crippen molar-refractivity contribution in [3.05, 3.63) is 23.8 Å². The first kappa shape index (κ1) is 52.8. The first-order valence-electron chi connectivity index (χ1n) is 21.8. The SMILES string of the molecule is CC=C(C)C(O)COCCOCCN.CCCCCCCCCCCCC/C=C/C(O)C(CO)NC(=O)CCCCCCCCCCCCCCC. The highest BCUT2D eigenvalue weighted by Crippen LogP contribution is 2.14. The number of nitrogens with two attached hydrogens (primary N) is 1. The number of allylic oxidation sites excluding steroid dienone is 2. The van der Waals surface area contributed by atoms with Gasteiger partial charge in [0.15, 0.2) is 0 Å². The number of unbranched alkanes of at least 4 members (excludes halogenated alkanes) is 23. The van der Waals surface area contributed by atoms with Crippen molar-refractivity contribution in [3.8, 4) is 0 Å². The zero-order chi connectivity index (χ0) is 38.8. The van der Waals surface area contributed by atoms with Crippen LogP contribution >= 0.6 is 0 Å². The number of aliphatic hydroxyl groups excluding tert-OH is 3. The predicted molar refractivity (Wildman–Crippen MR) is 222 cm³/mol. The van der Waals surface area contributed by atoms with Gasteiger partial charge in [-0.15, -0.1) is 0 Å². The second-order valence-corrected chi connectivity index (χ2v) is 14.6. The Hall–Kier alpha value is -1.29. The van der Waals surface area contributed by atoms with Crippen molar-refractivity contribution in [2.75, 3.05) is 39.6 Å². The van der Waals surface area contributed by atoms with Crippen LogP contribution in [0.25, 0.3) is 0 Å². The molecule has 3 atom stereocenters. The fraction of sp³-hybridized carbons (Fsp3) is 0.886. The van der Waals surface area contributed by atoms with Crippen LogP contribution in [0.3, 0.4) is 0 Å². The highest BCUT2D eigenvalue weighted by atomic mass is 16.5. The summed E-state index contributed by atoms with van der Waals surface area (Å²) in [5.41, 5.74) is 6.16. The Morgan fingerprint density at radius 3 is 1.56 bits per heavy atom. The van der Waals surface area contributed by atoms with Crippen LogP contribution in [0.4, 0.5) is 0 Å². The summed E-state index contributed by atoms with van der Waals surface area (Å²) in [6, 6.07) is -0.613. The summed E-state index contributed by atoms with van der Waals surface area (Å²) in [4.78, 5) is 12.2. The van der Waals surface area contributed by atoms with Crippen molar-refractivity contribution in [2.24, 2.45) is 5.73 Å². The summed E-state index contributed by atoms with van der Waals surface area (Å²) in [5.74, 6) is -0.0649. The molecular weight excluding hydrogens is 652 g/mol. The van der Waals surface area contributed by atoms with Gasteiger partial charge in [0.1, 0.15) is 0 Å². The molecule has 3 unspecified atom stereocenters. The molecule has 0 aromatic rings. The topological polar surface area (TPSA) is 134 Å². The van der Waals surface area contributed by atoms with E-state index in [4.69, 9.17) is 15.2 Å². The van der Waals surface area contributed by atoms with E-state index in [-0.39, 0.29) is 12.5 Å². The zero-order valence-corrected chi connectivity index (χ0v) is 34.7. The summed E-state index contributed by atoms with van der Waals surface area (Å²) in [6.45, 7) is 10.5. The third kappa shape index (κ3) is 39.9. The summed E-state index contributed by atoms with van der Waals surface area (Å²) < 4.78 is 10.3. The van der Waals surface area contributed by atoms with Crippen molar-refractivity contribution < 1.29 is 29.6 Å². The number of hydrogen-bond donors (Lipinski definition) is 5. The van der Waals surface area contributed by atoms with Crippen LogP contribution in [0.1, 0.15) is 195 Å². The highest BCUT2D eigenvalue weighted by molar-refractivity contribution is 5.76. The van der Waals surface area contributed by atoms with Gasteiger partial charge in [0.05, 0.1) is 51.3 Å². The van der Waals surface area contributed by atoms with Crippen molar-refractivity contribution >= 4 is 5.91 Å². The van der Waals surface area contributed by atoms with Crippen LogP contribution in [0.5, 0.6) is 0 Å². The summed E-state index contributed by atoms with van der Waals surface area (Å²) in [7, 11) is 0. The molecule has 0 aromatic carbocycles. The molecule has 0 rings (SSSR count). The van der Waals surface area contributed by atoms with Crippen LogP contribution in [0.15, 0.2) is 23.8 Å². The molecule has 310 valence electrons. The Morgan fingerprint density at radius 1 is 0.673 bits per heavy atom. The lowest BCUT2D eigenvalue weighted by Gasteiger charge is -2.20. The van der Waals surface area contributed by atoms with Crippen LogP contribution in [0, 0.1) is 0 Å². The van der Waals surface area contributed by atoms with Gasteiger partial charge in [0, 0.05) is 13.0 Å². The number of carbonyl (C=O) groups excluding carboxylic acids is 1. The van der Waals surface area contributed by atoms with Crippen LogP contribution in [0.2, 0.25) is 0 Å². The zero-order valence-electron chi connectivity index (χ0n) is 34.7. The molecule has 0 aliphatic carbocycles. The molecule has 0 saturated carbocycles. The Labute approximate surface area is 322 Å². The second-order valence-electron chi connectivity index (χ2n) is 14.6. The van der Waals surface area contributed by atoms with Gasteiger partial charge in [-0.05, 0) is 38.7 Å². The maximum atomic E-state index is 12.2. The third-order valence-corrected chi connectivity index (χ3v) is 9.66. The fourth-order valence-corrected chi connectivity index (χ4v) is 5.94. The molecule has 6 N–H and O–H groups in total. The van der Waals surface area contributed by atoms with E-state index in [0.29, 0.717) is 39.4 Å². The van der Waals surface area contributed by atoms with Crippen LogP contribution in [-0.2, 0) is 14.3 Å². The van der Waals surface area contributed by atoms with Gasteiger partial charge < -0.3 is 35.8 Å². The number of aliphatic hydroxyl groups is 3. The van der Waals surface area contributed by atoms with Gasteiger partial charge in [0.2, 0.25) is 5.91 Å². The molecule has 0 aromatic heterocycles. The van der Waals surface area contributed by atoms with E-state index in [2.05, 4.69) is 19.2 Å². The first-order chi connectivity index (χ1) is 25.4. The maximum Gasteiger partial charge on any atom is 0.220 e. The van der Waals surface area contributed by atoms with Gasteiger partial charge in [0.25, 0.3) is 0 Å². The van der Waals surface area contributed by atoms with Crippen LogP contribution in [-0.4, -0.2) is 79.1 Å². The molecule has 8 heteroatoms. The van der Waals surface area contributed by atoms with E-state index in [1.54, 1.807) is 6.08 Å². The normalized spacial score (nSPS) is 13.6. The van der Waals surface area contributed by atoms with E-state index in [1.807, 2.05) is 26.0 Å². The van der Waals surface area contributed by atoms with Crippen molar-refractivity contribution in [1.29, 1.82) is 0 Å². The Kier molecular flexibility index (Phi) is 44.8. The second kappa shape index (κ2) is 44.1. The van der Waals surface area contributed by atoms with E-state index in [1.165, 1.54) is 135 Å². The summed E-state index contributed by atoms with van der Waals surface area (Å²) in [5, 5.41) is 32.3. The molecule has 0 aliphatic rings. The molecule has 1 amide bonds. The van der Waals surface area contributed by atoms with E-state index >= 15 is 0 Å². The maximum absolute atomic E-state index is 12.2. The Morgan fingerprint density at radius 2 is 1.12 bits per heavy atom. The van der Waals surface area contributed by atoms with E-state index < -0.39 is 18.2 Å². The minimum Gasteiger partial charge on any atom is -0.394 e. The number of hydrogen-bond acceptors (Lipinski definition) is 7. The molecule has 0 spiro atoms. The first-order valence-corrected chi connectivity index (χ1v) is 21.8. The molecule has 0 saturated heterocycles. The van der Waals surface area contributed by atoms with Crippen molar-refractivity contribution in [2.45, 2.75) is 213 Å². The molecule has 0 bridgehead atoms. The third-order valence-electron chi connectivity index (χ3n) is 9.66. The number of ether oxygens (including phenoxy) is 2. The largest absolute Gasteiger partial charge is 0.394 e. The van der Waals surface area contributed by atoms with Crippen molar-refractivity contribution in [3.63, 3.8) is 0 Å². The Bertz CT molecular complexity index is 778. The van der Waals surface area contributed by atoms with E-state index in [9.17, 15) is 20.1 Å². The monoisotopic (exact) mass is 741 g/mol. The molecular formula is C44H88N2O6. The summed E-state index contributed by atoms with van der Waals surface area (Å²) >= 11 is 0. The lowest BCUT2D eigenvalue weighted by molar-refractivity contribution is -0.123. The molecule has 0 aliphatic heterocycles. The highest BCUT2D eigenvalue weighted by Gasteiger charge is 2.18. The lowest BCUT2D eigenvalue weighted by atomic mass is 10.0. The van der Waals surface area contributed by atoms with Gasteiger partial charge in [-0.3, -0.25) is 4.79 Å². The van der Waals surface area contributed by atoms with Gasteiger partial charge >= 0.3 is 0 Å². The Balaban J connectivity index is 0. The average Bonchev–Trinajstić information content (AvgIpc) is 3.15. The number of rotatable bonds is 38. The van der Waals surface area contributed by atoms with Gasteiger partial charge in [-0.1, -0.05) is 173 Å². The molecule has 0 heterocycles. The standard InChI is InChI=1S/C34H67NO3.C10H21NO3/c1-3-5-7-9-11-13-15-17-19-21-23-25-27-29-33(37)32(31-36)35-34(38)30-28-26-24-22-20-18-16-14-12-10-8-6-4-2;1-3-9(2)10(12)8-14-7-6-13-5-4-11/h27,29,32-33,36-37H,3-26,28,30-31H2,1-2H3,(H,35,38);3,10,12H,4-8,11H2,1-2H3/b29-27+;. The van der Waals surface area contributed by atoms with E-state index in [0.717, 1.165) is 31.3 Å². The molecule has 0 radical (unpaired) electrons.